The Morgan fingerprint density at radius 1 is 1.41 bits per heavy atom. The zero-order valence-corrected chi connectivity index (χ0v) is 11.0. The number of hydrogen-bond acceptors (Lipinski definition) is 4. The zero-order chi connectivity index (χ0) is 13.3. The van der Waals surface area contributed by atoms with Gasteiger partial charge in [-0.25, -0.2) is 4.79 Å². The van der Waals surface area contributed by atoms with Gasteiger partial charge in [0.05, 0.1) is 13.2 Å². The van der Waals surface area contributed by atoms with Gasteiger partial charge in [0.25, 0.3) is 0 Å². The van der Waals surface area contributed by atoms with E-state index in [9.17, 15) is 9.59 Å². The minimum absolute atomic E-state index is 0.0213. The summed E-state index contributed by atoms with van der Waals surface area (Å²) >= 11 is 0. The molecule has 0 aromatic rings. The van der Waals surface area contributed by atoms with Gasteiger partial charge in [0.1, 0.15) is 0 Å². The molecule has 0 aliphatic heterocycles. The highest BCUT2D eigenvalue weighted by Gasteiger charge is 2.06. The third kappa shape index (κ3) is 9.56. The summed E-state index contributed by atoms with van der Waals surface area (Å²) < 4.78 is 4.73. The Morgan fingerprint density at radius 3 is 2.59 bits per heavy atom. The van der Waals surface area contributed by atoms with Gasteiger partial charge in [-0.15, -0.1) is 0 Å². The van der Waals surface area contributed by atoms with Crippen LogP contribution >= 0.6 is 0 Å². The first-order valence-corrected chi connectivity index (χ1v) is 5.77. The number of amides is 1. The Labute approximate surface area is 103 Å². The highest BCUT2D eigenvalue weighted by molar-refractivity contribution is 5.82. The lowest BCUT2D eigenvalue weighted by Crippen LogP contribution is -2.38. The van der Waals surface area contributed by atoms with Gasteiger partial charge in [-0.1, -0.05) is 6.08 Å². The van der Waals surface area contributed by atoms with Crippen molar-refractivity contribution in [2.24, 2.45) is 0 Å². The van der Waals surface area contributed by atoms with E-state index in [2.05, 4.69) is 5.32 Å². The van der Waals surface area contributed by atoms with Crippen molar-refractivity contribution in [3.8, 4) is 0 Å². The van der Waals surface area contributed by atoms with Gasteiger partial charge in [0.2, 0.25) is 5.91 Å². The van der Waals surface area contributed by atoms with Crippen LogP contribution < -0.4 is 5.32 Å². The van der Waals surface area contributed by atoms with Crippen molar-refractivity contribution in [2.45, 2.75) is 26.8 Å². The van der Waals surface area contributed by atoms with E-state index in [-0.39, 0.29) is 17.9 Å². The summed E-state index contributed by atoms with van der Waals surface area (Å²) in [5.41, 5.74) is 0. The van der Waals surface area contributed by atoms with Crippen LogP contribution in [-0.4, -0.2) is 49.6 Å². The minimum atomic E-state index is -0.354. The molecular formula is C12H22N2O3. The molecule has 0 fully saturated rings. The highest BCUT2D eigenvalue weighted by Crippen LogP contribution is 1.87. The molecule has 17 heavy (non-hydrogen) atoms. The van der Waals surface area contributed by atoms with Gasteiger partial charge in [-0.05, 0) is 27.8 Å². The Bertz CT molecular complexity index is 275. The van der Waals surface area contributed by atoms with Crippen LogP contribution in [0.5, 0.6) is 0 Å². The number of rotatable bonds is 7. The molecule has 0 aromatic heterocycles. The first kappa shape index (κ1) is 15.6. The molecule has 0 unspecified atom stereocenters. The monoisotopic (exact) mass is 242 g/mol. The lowest BCUT2D eigenvalue weighted by molar-refractivity contribution is -0.137. The van der Waals surface area contributed by atoms with Crippen LogP contribution in [0.4, 0.5) is 0 Å². The fraction of sp³-hybridized carbons (Fsp3) is 0.667. The molecule has 0 aliphatic carbocycles. The summed E-state index contributed by atoms with van der Waals surface area (Å²) in [5.74, 6) is -0.375. The SMILES string of the molecule is CCOC(=O)/C=C/CN(C)CC(=O)NC(C)C. The highest BCUT2D eigenvalue weighted by atomic mass is 16.5. The fourth-order valence-corrected chi connectivity index (χ4v) is 1.20. The van der Waals surface area contributed by atoms with Crippen LogP contribution in [0.1, 0.15) is 20.8 Å². The van der Waals surface area contributed by atoms with Gasteiger partial charge in [0, 0.05) is 18.7 Å². The predicted octanol–water partition coefficient (Wildman–Crippen LogP) is 0.562. The first-order valence-electron chi connectivity index (χ1n) is 5.77. The molecule has 1 amide bonds. The number of carbonyl (C=O) groups excluding carboxylic acids is 2. The molecule has 0 aromatic carbocycles. The molecule has 0 atom stereocenters. The molecule has 0 rings (SSSR count). The van der Waals surface area contributed by atoms with Crippen LogP contribution in [0.3, 0.4) is 0 Å². The summed E-state index contributed by atoms with van der Waals surface area (Å²) in [4.78, 5) is 24.2. The number of nitrogens with one attached hydrogen (secondary N) is 1. The molecule has 0 radical (unpaired) electrons. The van der Waals surface area contributed by atoms with E-state index >= 15 is 0 Å². The summed E-state index contributed by atoms with van der Waals surface area (Å²) in [7, 11) is 1.81. The van der Waals surface area contributed by atoms with Crippen molar-refractivity contribution in [1.82, 2.24) is 10.2 Å². The average Bonchev–Trinajstić information content (AvgIpc) is 2.16. The van der Waals surface area contributed by atoms with E-state index in [1.165, 1.54) is 6.08 Å². The second kappa shape index (κ2) is 8.75. The van der Waals surface area contributed by atoms with Gasteiger partial charge >= 0.3 is 5.97 Å². The van der Waals surface area contributed by atoms with Crippen LogP contribution in [0.25, 0.3) is 0 Å². The van der Waals surface area contributed by atoms with Gasteiger partial charge in [-0.2, -0.15) is 0 Å². The number of esters is 1. The van der Waals surface area contributed by atoms with E-state index in [0.29, 0.717) is 19.7 Å². The number of hydrogen-bond donors (Lipinski definition) is 1. The standard InChI is InChI=1S/C12H22N2O3/c1-5-17-12(16)7-6-8-14(4)9-11(15)13-10(2)3/h6-7,10H,5,8-9H2,1-4H3,(H,13,15)/b7-6+. The molecule has 0 aliphatic rings. The van der Waals surface area contributed by atoms with Crippen LogP contribution in [0.15, 0.2) is 12.2 Å². The molecule has 0 saturated carbocycles. The molecule has 0 heterocycles. The molecule has 5 nitrogen and oxygen atoms in total. The molecule has 1 N–H and O–H groups in total. The second-order valence-corrected chi connectivity index (χ2v) is 4.07. The van der Waals surface area contributed by atoms with Crippen LogP contribution in [0, 0.1) is 0 Å². The van der Waals surface area contributed by atoms with Crippen LogP contribution in [0.2, 0.25) is 0 Å². The van der Waals surface area contributed by atoms with Gasteiger partial charge in [-0.3, -0.25) is 9.69 Å². The zero-order valence-electron chi connectivity index (χ0n) is 11.0. The van der Waals surface area contributed by atoms with Crippen molar-refractivity contribution in [3.63, 3.8) is 0 Å². The lowest BCUT2D eigenvalue weighted by Gasteiger charge is -2.15. The molecule has 98 valence electrons. The maximum atomic E-state index is 11.4. The third-order valence-electron chi connectivity index (χ3n) is 1.82. The van der Waals surface area contributed by atoms with Crippen molar-refractivity contribution >= 4 is 11.9 Å². The van der Waals surface area contributed by atoms with Crippen molar-refractivity contribution in [2.75, 3.05) is 26.7 Å². The van der Waals surface area contributed by atoms with E-state index in [4.69, 9.17) is 4.74 Å². The lowest BCUT2D eigenvalue weighted by atomic mass is 10.3. The number of ether oxygens (including phenoxy) is 1. The molecule has 0 bridgehead atoms. The van der Waals surface area contributed by atoms with Crippen molar-refractivity contribution in [3.05, 3.63) is 12.2 Å². The quantitative estimate of drug-likeness (QED) is 0.523. The maximum Gasteiger partial charge on any atom is 0.330 e. The smallest absolute Gasteiger partial charge is 0.330 e. The maximum absolute atomic E-state index is 11.4. The second-order valence-electron chi connectivity index (χ2n) is 4.07. The van der Waals surface area contributed by atoms with Crippen molar-refractivity contribution in [1.29, 1.82) is 0 Å². The fourth-order valence-electron chi connectivity index (χ4n) is 1.20. The first-order chi connectivity index (χ1) is 7.95. The molecule has 5 heteroatoms. The molecule has 0 saturated heterocycles. The van der Waals surface area contributed by atoms with E-state index in [1.807, 2.05) is 25.8 Å². The van der Waals surface area contributed by atoms with Gasteiger partial charge in [0.15, 0.2) is 0 Å². The summed E-state index contributed by atoms with van der Waals surface area (Å²) in [6, 6.07) is 0.144. The van der Waals surface area contributed by atoms with E-state index in [1.54, 1.807) is 13.0 Å². The summed E-state index contributed by atoms with van der Waals surface area (Å²) in [6.07, 6.45) is 3.06. The van der Waals surface area contributed by atoms with E-state index in [0.717, 1.165) is 0 Å². The molecular weight excluding hydrogens is 220 g/mol. The van der Waals surface area contributed by atoms with E-state index < -0.39 is 0 Å². The van der Waals surface area contributed by atoms with Crippen molar-refractivity contribution < 1.29 is 14.3 Å². The van der Waals surface area contributed by atoms with Crippen LogP contribution in [-0.2, 0) is 14.3 Å². The van der Waals surface area contributed by atoms with Gasteiger partial charge < -0.3 is 10.1 Å². The summed E-state index contributed by atoms with van der Waals surface area (Å²) in [5, 5.41) is 2.80. The Balaban J connectivity index is 3.82. The third-order valence-corrected chi connectivity index (χ3v) is 1.82. The normalized spacial score (nSPS) is 11.2. The Morgan fingerprint density at radius 2 is 2.06 bits per heavy atom. The Hall–Kier alpha value is -1.36. The number of carbonyl (C=O) groups is 2. The number of nitrogens with zero attached hydrogens (tertiary/aromatic N) is 1. The Kier molecular flexibility index (Phi) is 8.05. The minimum Gasteiger partial charge on any atom is -0.463 e. The topological polar surface area (TPSA) is 58.6 Å². The summed E-state index contributed by atoms with van der Waals surface area (Å²) in [6.45, 7) is 6.80. The largest absolute Gasteiger partial charge is 0.463 e. The number of likely N-dealkylation sites (N-methyl/N-ethyl adjacent to an activating group) is 1. The predicted molar refractivity (Wildman–Crippen MR) is 66.5 cm³/mol. The average molecular weight is 242 g/mol. The molecule has 0 spiro atoms.